The van der Waals surface area contributed by atoms with E-state index in [2.05, 4.69) is 10.6 Å². The number of benzene rings is 3. The Morgan fingerprint density at radius 1 is 1.00 bits per heavy atom. The Kier molecular flexibility index (Phi) is 6.47. The van der Waals surface area contributed by atoms with Gasteiger partial charge in [-0.25, -0.2) is 4.39 Å². The summed E-state index contributed by atoms with van der Waals surface area (Å²) in [5.41, 5.74) is 0.581. The van der Waals surface area contributed by atoms with Crippen molar-refractivity contribution < 1.29 is 27.5 Å². The highest BCUT2D eigenvalue weighted by Crippen LogP contribution is 2.42. The molecule has 4 rings (SSSR count). The van der Waals surface area contributed by atoms with Gasteiger partial charge in [-0.1, -0.05) is 24.3 Å². The van der Waals surface area contributed by atoms with Gasteiger partial charge < -0.3 is 20.6 Å². The van der Waals surface area contributed by atoms with Crippen LogP contribution in [0.3, 0.4) is 0 Å². The summed E-state index contributed by atoms with van der Waals surface area (Å²) in [6, 6.07) is 12.5. The van der Waals surface area contributed by atoms with Gasteiger partial charge in [-0.3, -0.25) is 4.79 Å². The number of aromatic hydroxyl groups is 1. The van der Waals surface area contributed by atoms with Crippen LogP contribution in [0.5, 0.6) is 5.75 Å². The Morgan fingerprint density at radius 2 is 1.68 bits per heavy atom. The highest BCUT2D eigenvalue weighted by Gasteiger charge is 2.32. The van der Waals surface area contributed by atoms with Crippen LogP contribution in [0.1, 0.15) is 12.5 Å². The van der Waals surface area contributed by atoms with E-state index in [4.69, 9.17) is 0 Å². The van der Waals surface area contributed by atoms with Gasteiger partial charge >= 0.3 is 6.18 Å². The molecule has 0 unspecified atom stereocenters. The predicted molar refractivity (Wildman–Crippen MR) is 123 cm³/mol. The van der Waals surface area contributed by atoms with Gasteiger partial charge in [-0.15, -0.1) is 0 Å². The molecule has 3 aromatic rings. The second-order valence-electron chi connectivity index (χ2n) is 8.08. The fourth-order valence-electron chi connectivity index (χ4n) is 4.02. The molecule has 3 N–H and O–H groups in total. The van der Waals surface area contributed by atoms with Crippen LogP contribution in [0, 0.1) is 5.82 Å². The lowest BCUT2D eigenvalue weighted by atomic mass is 9.95. The molecule has 0 atom stereocenters. The van der Waals surface area contributed by atoms with Gasteiger partial charge in [-0.05, 0) is 41.5 Å². The Hall–Kier alpha value is -3.59. The molecule has 1 aliphatic rings. The first-order valence-corrected chi connectivity index (χ1v) is 10.7. The first-order chi connectivity index (χ1) is 16.1. The summed E-state index contributed by atoms with van der Waals surface area (Å²) in [5.74, 6) is -1.39. The van der Waals surface area contributed by atoms with Crippen molar-refractivity contribution >= 4 is 17.3 Å². The summed E-state index contributed by atoms with van der Waals surface area (Å²) in [6.07, 6.45) is -4.56. The zero-order valence-electron chi connectivity index (χ0n) is 18.3. The summed E-state index contributed by atoms with van der Waals surface area (Å²) < 4.78 is 55.5. The van der Waals surface area contributed by atoms with Crippen LogP contribution in [0.4, 0.5) is 28.9 Å². The molecule has 3 aromatic carbocycles. The molecule has 0 spiro atoms. The Morgan fingerprint density at radius 3 is 2.29 bits per heavy atom. The molecule has 1 fully saturated rings. The van der Waals surface area contributed by atoms with Crippen molar-refractivity contribution in [1.82, 2.24) is 5.32 Å². The second-order valence-corrected chi connectivity index (χ2v) is 8.08. The fraction of sp³-hybridized carbons (Fsp3) is 0.240. The van der Waals surface area contributed by atoms with Crippen molar-refractivity contribution in [3.63, 3.8) is 0 Å². The molecule has 34 heavy (non-hydrogen) atoms. The molecule has 1 aliphatic heterocycles. The van der Waals surface area contributed by atoms with Crippen molar-refractivity contribution in [1.29, 1.82) is 0 Å². The minimum Gasteiger partial charge on any atom is -0.507 e. The third-order valence-electron chi connectivity index (χ3n) is 5.67. The monoisotopic (exact) mass is 473 g/mol. The number of alkyl halides is 3. The molecule has 0 aliphatic carbocycles. The second kappa shape index (κ2) is 9.34. The number of rotatable bonds is 4. The standard InChI is InChI=1S/C25H23F4N3O2/c1-15(33)31-23-6-5-16(13-22(23)26)20-3-2-4-21(24(20)34)17-11-18(25(27,28)29)14-19(12-17)32-9-7-30-8-10-32/h2-6,11-14,30,34H,7-10H2,1H3,(H,31,33). The van der Waals surface area contributed by atoms with E-state index in [1.165, 1.54) is 25.1 Å². The number of nitrogens with one attached hydrogen (secondary N) is 2. The zero-order valence-corrected chi connectivity index (χ0v) is 18.3. The highest BCUT2D eigenvalue weighted by molar-refractivity contribution is 5.90. The number of hydrogen-bond donors (Lipinski definition) is 3. The van der Waals surface area contributed by atoms with Crippen LogP contribution in [0.15, 0.2) is 54.6 Å². The smallest absolute Gasteiger partial charge is 0.416 e. The number of halogens is 4. The van der Waals surface area contributed by atoms with Gasteiger partial charge in [-0.2, -0.15) is 13.2 Å². The number of carbonyl (C=O) groups is 1. The average Bonchev–Trinajstić information content (AvgIpc) is 2.80. The van der Waals surface area contributed by atoms with Crippen molar-refractivity contribution in [2.24, 2.45) is 0 Å². The largest absolute Gasteiger partial charge is 0.507 e. The lowest BCUT2D eigenvalue weighted by molar-refractivity contribution is -0.137. The predicted octanol–water partition coefficient (Wildman–Crippen LogP) is 5.25. The van der Waals surface area contributed by atoms with E-state index in [1.807, 2.05) is 4.90 Å². The van der Waals surface area contributed by atoms with E-state index in [-0.39, 0.29) is 28.1 Å². The van der Waals surface area contributed by atoms with Gasteiger partial charge in [0.1, 0.15) is 11.6 Å². The van der Waals surface area contributed by atoms with Crippen molar-refractivity contribution in [2.75, 3.05) is 36.4 Å². The number of piperazine rings is 1. The van der Waals surface area contributed by atoms with Gasteiger partial charge in [0.05, 0.1) is 11.3 Å². The molecule has 9 heteroatoms. The Labute approximate surface area is 194 Å². The molecular weight excluding hydrogens is 450 g/mol. The van der Waals surface area contributed by atoms with Crippen LogP contribution in [0.25, 0.3) is 22.3 Å². The number of phenolic OH excluding ortho intramolecular Hbond substituents is 1. The van der Waals surface area contributed by atoms with Crippen LogP contribution in [-0.2, 0) is 11.0 Å². The summed E-state index contributed by atoms with van der Waals surface area (Å²) in [7, 11) is 0. The lowest BCUT2D eigenvalue weighted by Crippen LogP contribution is -2.43. The molecule has 0 aromatic heterocycles. The molecule has 1 saturated heterocycles. The molecule has 0 radical (unpaired) electrons. The molecule has 0 saturated carbocycles. The topological polar surface area (TPSA) is 64.6 Å². The van der Waals surface area contributed by atoms with Crippen molar-refractivity contribution in [3.8, 4) is 28.0 Å². The van der Waals surface area contributed by atoms with Gasteiger partial charge in [0, 0.05) is 49.9 Å². The number of carbonyl (C=O) groups excluding carboxylic acids is 1. The normalized spacial score (nSPS) is 14.2. The number of para-hydroxylation sites is 1. The summed E-state index contributed by atoms with van der Waals surface area (Å²) in [4.78, 5) is 13.1. The first kappa shape index (κ1) is 23.6. The number of nitrogens with zero attached hydrogens (tertiary/aromatic N) is 1. The van der Waals surface area contributed by atoms with E-state index in [1.54, 1.807) is 18.2 Å². The van der Waals surface area contributed by atoms with E-state index >= 15 is 0 Å². The maximum Gasteiger partial charge on any atom is 0.416 e. The minimum absolute atomic E-state index is 0.00886. The SMILES string of the molecule is CC(=O)Nc1ccc(-c2cccc(-c3cc(N4CCNCC4)cc(C(F)(F)F)c3)c2O)cc1F. The van der Waals surface area contributed by atoms with Gasteiger partial charge in [0.2, 0.25) is 5.91 Å². The molecule has 178 valence electrons. The average molecular weight is 473 g/mol. The molecule has 5 nitrogen and oxygen atoms in total. The summed E-state index contributed by atoms with van der Waals surface area (Å²) in [6.45, 7) is 3.70. The Bertz CT molecular complexity index is 1220. The van der Waals surface area contributed by atoms with Crippen LogP contribution < -0.4 is 15.5 Å². The lowest BCUT2D eigenvalue weighted by Gasteiger charge is -2.30. The molecule has 1 amide bonds. The fourth-order valence-corrected chi connectivity index (χ4v) is 4.02. The quantitative estimate of drug-likeness (QED) is 0.453. The summed E-state index contributed by atoms with van der Waals surface area (Å²) in [5, 5.41) is 16.5. The van der Waals surface area contributed by atoms with Crippen molar-refractivity contribution in [2.45, 2.75) is 13.1 Å². The Balaban J connectivity index is 1.79. The van der Waals surface area contributed by atoms with E-state index in [0.717, 1.165) is 18.2 Å². The maximum absolute atomic E-state index is 14.5. The molecule has 1 heterocycles. The maximum atomic E-state index is 14.5. The van der Waals surface area contributed by atoms with E-state index in [0.29, 0.717) is 37.4 Å². The zero-order chi connectivity index (χ0) is 24.5. The van der Waals surface area contributed by atoms with Gasteiger partial charge in [0.25, 0.3) is 0 Å². The highest BCUT2D eigenvalue weighted by atomic mass is 19.4. The molecular formula is C25H23F4N3O2. The van der Waals surface area contributed by atoms with Crippen LogP contribution >= 0.6 is 0 Å². The first-order valence-electron chi connectivity index (χ1n) is 10.7. The number of amides is 1. The number of hydrogen-bond acceptors (Lipinski definition) is 4. The van der Waals surface area contributed by atoms with Gasteiger partial charge in [0.15, 0.2) is 0 Å². The van der Waals surface area contributed by atoms with Crippen LogP contribution in [0.2, 0.25) is 0 Å². The number of phenols is 1. The van der Waals surface area contributed by atoms with Crippen LogP contribution in [-0.4, -0.2) is 37.2 Å². The molecule has 0 bridgehead atoms. The third-order valence-corrected chi connectivity index (χ3v) is 5.67. The third kappa shape index (κ3) is 4.99. The summed E-state index contributed by atoms with van der Waals surface area (Å²) >= 11 is 0. The van der Waals surface area contributed by atoms with E-state index in [9.17, 15) is 27.5 Å². The van der Waals surface area contributed by atoms with Crippen molar-refractivity contribution in [3.05, 3.63) is 66.0 Å². The number of anilines is 2. The minimum atomic E-state index is -4.56. The van der Waals surface area contributed by atoms with E-state index < -0.39 is 23.5 Å².